The number of fused-ring (bicyclic) bond motifs is 1. The van der Waals surface area contributed by atoms with Crippen LogP contribution in [0.25, 0.3) is 22.4 Å². The van der Waals surface area contributed by atoms with Crippen LogP contribution >= 0.6 is 0 Å². The highest BCUT2D eigenvalue weighted by Gasteiger charge is 2.31. The first-order valence-corrected chi connectivity index (χ1v) is 9.51. The number of carbonyl (C=O) groups is 1. The topological polar surface area (TPSA) is 55.1 Å². The van der Waals surface area contributed by atoms with Gasteiger partial charge in [-0.3, -0.25) is 0 Å². The Balaban J connectivity index is 1.86. The number of carboxylic acids is 1. The van der Waals surface area contributed by atoms with Crippen LogP contribution < -0.4 is 0 Å². The van der Waals surface area contributed by atoms with Crippen molar-refractivity contribution in [3.05, 3.63) is 89.0 Å². The minimum Gasteiger partial charge on any atom is -0.478 e. The molecule has 4 rings (SSSR count). The van der Waals surface area contributed by atoms with E-state index in [1.54, 1.807) is 4.57 Å². The standard InChI is InChI=1S/C23H14F6N2O2/c24-22(25,26)16-7-4-13(5-8-16)12-31-19-9-6-15(21(32)33)11-18(19)30-20(31)14-2-1-3-17(10-14)23(27,28)29/h1-11H,12H2,(H,32,33). The molecule has 0 spiro atoms. The van der Waals surface area contributed by atoms with Crippen LogP contribution in [0.15, 0.2) is 66.7 Å². The van der Waals surface area contributed by atoms with Crippen LogP contribution in [-0.4, -0.2) is 20.6 Å². The molecule has 0 atom stereocenters. The lowest BCUT2D eigenvalue weighted by Crippen LogP contribution is -2.07. The van der Waals surface area contributed by atoms with E-state index < -0.39 is 29.4 Å². The van der Waals surface area contributed by atoms with Crippen LogP contribution in [0.1, 0.15) is 27.0 Å². The lowest BCUT2D eigenvalue weighted by atomic mass is 10.1. The molecule has 0 aliphatic rings. The monoisotopic (exact) mass is 464 g/mol. The van der Waals surface area contributed by atoms with E-state index >= 15 is 0 Å². The first-order valence-electron chi connectivity index (χ1n) is 9.51. The van der Waals surface area contributed by atoms with Gasteiger partial charge in [0, 0.05) is 12.1 Å². The molecule has 33 heavy (non-hydrogen) atoms. The van der Waals surface area contributed by atoms with E-state index in [-0.39, 0.29) is 29.0 Å². The van der Waals surface area contributed by atoms with E-state index in [1.807, 2.05) is 0 Å². The first kappa shape index (κ1) is 22.4. The van der Waals surface area contributed by atoms with Crippen LogP contribution in [0.5, 0.6) is 0 Å². The Bertz CT molecular complexity index is 1340. The Labute approximate surface area is 182 Å². The van der Waals surface area contributed by atoms with Crippen LogP contribution in [0.3, 0.4) is 0 Å². The van der Waals surface area contributed by atoms with Gasteiger partial charge in [-0.05, 0) is 48.0 Å². The lowest BCUT2D eigenvalue weighted by molar-refractivity contribution is -0.138. The van der Waals surface area contributed by atoms with Crippen molar-refractivity contribution in [2.24, 2.45) is 0 Å². The molecule has 0 bridgehead atoms. The Hall–Kier alpha value is -3.82. The molecule has 0 aliphatic heterocycles. The number of carboxylic acid groups (broad SMARTS) is 1. The number of nitrogens with zero attached hydrogens (tertiary/aromatic N) is 2. The molecule has 1 heterocycles. The molecule has 1 aromatic heterocycles. The van der Waals surface area contributed by atoms with Crippen LogP contribution in [0, 0.1) is 0 Å². The van der Waals surface area contributed by atoms with Gasteiger partial charge in [0.1, 0.15) is 5.82 Å². The number of imidazole rings is 1. The minimum atomic E-state index is -4.59. The zero-order valence-corrected chi connectivity index (χ0v) is 16.6. The highest BCUT2D eigenvalue weighted by molar-refractivity contribution is 5.93. The molecule has 1 N–H and O–H groups in total. The largest absolute Gasteiger partial charge is 0.478 e. The maximum atomic E-state index is 13.2. The van der Waals surface area contributed by atoms with E-state index in [0.717, 1.165) is 24.3 Å². The normalized spacial score (nSPS) is 12.3. The van der Waals surface area contributed by atoms with Crippen molar-refractivity contribution in [2.75, 3.05) is 0 Å². The van der Waals surface area contributed by atoms with Gasteiger partial charge in [0.25, 0.3) is 0 Å². The number of halogens is 6. The minimum absolute atomic E-state index is 0.00658. The van der Waals surface area contributed by atoms with Crippen molar-refractivity contribution in [1.29, 1.82) is 0 Å². The fourth-order valence-corrected chi connectivity index (χ4v) is 3.46. The van der Waals surface area contributed by atoms with E-state index in [4.69, 9.17) is 0 Å². The second-order valence-corrected chi connectivity index (χ2v) is 7.30. The maximum Gasteiger partial charge on any atom is 0.416 e. The molecule has 0 aliphatic carbocycles. The van der Waals surface area contributed by atoms with Gasteiger partial charge in [0.05, 0.1) is 27.7 Å². The average molecular weight is 464 g/mol. The summed E-state index contributed by atoms with van der Waals surface area (Å²) in [4.78, 5) is 15.7. The third-order valence-corrected chi connectivity index (χ3v) is 5.07. The van der Waals surface area contributed by atoms with Gasteiger partial charge in [-0.25, -0.2) is 9.78 Å². The molecule has 0 radical (unpaired) electrons. The predicted molar refractivity (Wildman–Crippen MR) is 108 cm³/mol. The third-order valence-electron chi connectivity index (χ3n) is 5.07. The zero-order chi connectivity index (χ0) is 24.0. The number of alkyl halides is 6. The van der Waals surface area contributed by atoms with Gasteiger partial charge in [-0.15, -0.1) is 0 Å². The van der Waals surface area contributed by atoms with Gasteiger partial charge < -0.3 is 9.67 Å². The van der Waals surface area contributed by atoms with Crippen molar-refractivity contribution in [1.82, 2.24) is 9.55 Å². The molecule has 0 saturated carbocycles. The van der Waals surface area contributed by atoms with E-state index in [9.17, 15) is 36.2 Å². The molecule has 4 nitrogen and oxygen atoms in total. The van der Waals surface area contributed by atoms with E-state index in [0.29, 0.717) is 11.1 Å². The molecule has 4 aromatic rings. The predicted octanol–water partition coefficient (Wildman–Crippen LogP) is 6.49. The Morgan fingerprint density at radius 2 is 1.52 bits per heavy atom. The summed E-state index contributed by atoms with van der Waals surface area (Å²) < 4.78 is 79.8. The lowest BCUT2D eigenvalue weighted by Gasteiger charge is -2.13. The van der Waals surface area contributed by atoms with Crippen molar-refractivity contribution < 1.29 is 36.2 Å². The van der Waals surface area contributed by atoms with Crippen LogP contribution in [0.4, 0.5) is 26.3 Å². The number of benzene rings is 3. The average Bonchev–Trinajstić information content (AvgIpc) is 3.10. The van der Waals surface area contributed by atoms with Gasteiger partial charge >= 0.3 is 18.3 Å². The quantitative estimate of drug-likeness (QED) is 0.352. The van der Waals surface area contributed by atoms with Crippen molar-refractivity contribution in [3.63, 3.8) is 0 Å². The molecule has 3 aromatic carbocycles. The van der Waals surface area contributed by atoms with Gasteiger partial charge in [-0.2, -0.15) is 26.3 Å². The molecule has 0 amide bonds. The third kappa shape index (κ3) is 4.55. The zero-order valence-electron chi connectivity index (χ0n) is 16.6. The Kier molecular flexibility index (Phi) is 5.39. The number of hydrogen-bond acceptors (Lipinski definition) is 2. The Morgan fingerprint density at radius 3 is 2.12 bits per heavy atom. The van der Waals surface area contributed by atoms with Crippen molar-refractivity contribution in [3.8, 4) is 11.4 Å². The highest BCUT2D eigenvalue weighted by Crippen LogP contribution is 2.34. The molecule has 0 unspecified atom stereocenters. The fourth-order valence-electron chi connectivity index (χ4n) is 3.46. The molecule has 170 valence electrons. The summed E-state index contributed by atoms with van der Waals surface area (Å²) in [6.07, 6.45) is -9.09. The fraction of sp³-hybridized carbons (Fsp3) is 0.130. The molecular weight excluding hydrogens is 450 g/mol. The second kappa shape index (κ2) is 7.95. The summed E-state index contributed by atoms with van der Waals surface area (Å²) in [6, 6.07) is 12.9. The van der Waals surface area contributed by atoms with Gasteiger partial charge in [-0.1, -0.05) is 24.3 Å². The smallest absolute Gasteiger partial charge is 0.416 e. The number of aromatic carboxylic acids is 1. The maximum absolute atomic E-state index is 13.2. The van der Waals surface area contributed by atoms with Crippen molar-refractivity contribution in [2.45, 2.75) is 18.9 Å². The summed E-state index contributed by atoms with van der Waals surface area (Å²) >= 11 is 0. The molecular formula is C23H14F6N2O2. The number of hydrogen-bond donors (Lipinski definition) is 1. The molecule has 10 heteroatoms. The summed E-state index contributed by atoms with van der Waals surface area (Å²) in [6.45, 7) is 0.00658. The van der Waals surface area contributed by atoms with Crippen LogP contribution in [0.2, 0.25) is 0 Å². The van der Waals surface area contributed by atoms with Gasteiger partial charge in [0.15, 0.2) is 0 Å². The van der Waals surface area contributed by atoms with E-state index in [1.165, 1.54) is 42.5 Å². The van der Waals surface area contributed by atoms with Crippen molar-refractivity contribution >= 4 is 17.0 Å². The summed E-state index contributed by atoms with van der Waals surface area (Å²) in [5, 5.41) is 9.24. The Morgan fingerprint density at radius 1 is 0.848 bits per heavy atom. The molecule has 0 saturated heterocycles. The van der Waals surface area contributed by atoms with Crippen LogP contribution in [-0.2, 0) is 18.9 Å². The van der Waals surface area contributed by atoms with E-state index in [2.05, 4.69) is 4.98 Å². The first-order chi connectivity index (χ1) is 15.4. The summed E-state index contributed by atoms with van der Waals surface area (Å²) in [5.74, 6) is -1.08. The highest BCUT2D eigenvalue weighted by atomic mass is 19.4. The summed E-state index contributed by atoms with van der Waals surface area (Å²) in [5.41, 5.74) is -0.535. The SMILES string of the molecule is O=C(O)c1ccc2c(c1)nc(-c1cccc(C(F)(F)F)c1)n2Cc1ccc(C(F)(F)F)cc1. The summed E-state index contributed by atoms with van der Waals surface area (Å²) in [7, 11) is 0. The second-order valence-electron chi connectivity index (χ2n) is 7.30. The molecule has 0 fully saturated rings. The number of aromatic nitrogens is 2. The number of rotatable bonds is 4. The van der Waals surface area contributed by atoms with Gasteiger partial charge in [0.2, 0.25) is 0 Å².